The summed E-state index contributed by atoms with van der Waals surface area (Å²) in [7, 11) is 0. The molecule has 0 saturated heterocycles. The molecule has 0 aliphatic heterocycles. The third-order valence-corrected chi connectivity index (χ3v) is 5.90. The fourth-order valence-electron chi connectivity index (χ4n) is 3.60. The molecule has 34 heavy (non-hydrogen) atoms. The second kappa shape index (κ2) is 10.6. The Morgan fingerprint density at radius 1 is 1.09 bits per heavy atom. The first kappa shape index (κ1) is 25.8. The number of hydrogen-bond acceptors (Lipinski definition) is 5. The van der Waals surface area contributed by atoms with Crippen LogP contribution in [0, 0.1) is 0 Å². The van der Waals surface area contributed by atoms with Crippen molar-refractivity contribution in [3.8, 4) is 0 Å². The van der Waals surface area contributed by atoms with E-state index in [1.165, 1.54) is 6.20 Å². The first-order chi connectivity index (χ1) is 16.0. The summed E-state index contributed by atoms with van der Waals surface area (Å²) >= 11 is 12.5. The van der Waals surface area contributed by atoms with Crippen LogP contribution in [-0.4, -0.2) is 28.7 Å². The number of ether oxygens (including phenoxy) is 2. The highest BCUT2D eigenvalue weighted by Gasteiger charge is 2.19. The molecule has 0 fully saturated rings. The molecule has 180 valence electrons. The van der Waals surface area contributed by atoms with Gasteiger partial charge in [-0.2, -0.15) is 0 Å². The summed E-state index contributed by atoms with van der Waals surface area (Å²) in [5.74, 6) is -1.08. The van der Waals surface area contributed by atoms with Crippen LogP contribution in [-0.2, 0) is 27.2 Å². The van der Waals surface area contributed by atoms with E-state index >= 15 is 0 Å². The van der Waals surface area contributed by atoms with Crippen LogP contribution in [0.5, 0.6) is 0 Å². The van der Waals surface area contributed by atoms with Gasteiger partial charge in [0.15, 0.2) is 0 Å². The maximum Gasteiger partial charge on any atom is 0.343 e. The normalized spacial score (nSPS) is 11.5. The van der Waals surface area contributed by atoms with Gasteiger partial charge in [0, 0.05) is 18.1 Å². The summed E-state index contributed by atoms with van der Waals surface area (Å²) in [5.41, 5.74) is 1.13. The van der Waals surface area contributed by atoms with Gasteiger partial charge in [-0.25, -0.2) is 4.79 Å². The lowest BCUT2D eigenvalue weighted by molar-refractivity contribution is -0.155. The number of halogens is 2. The first-order valence-electron chi connectivity index (χ1n) is 11.0. The van der Waals surface area contributed by atoms with Crippen LogP contribution >= 0.6 is 23.2 Å². The molecule has 3 rings (SSSR count). The molecular weight excluding hydrogens is 477 g/mol. The van der Waals surface area contributed by atoms with Gasteiger partial charge in [0.25, 0.3) is 0 Å². The largest absolute Gasteiger partial charge is 0.462 e. The van der Waals surface area contributed by atoms with Crippen molar-refractivity contribution < 1.29 is 19.1 Å². The van der Waals surface area contributed by atoms with E-state index in [4.69, 9.17) is 32.7 Å². The van der Waals surface area contributed by atoms with E-state index in [9.17, 15) is 14.4 Å². The summed E-state index contributed by atoms with van der Waals surface area (Å²) in [6.45, 7) is 7.44. The third kappa shape index (κ3) is 6.19. The number of aromatic nitrogens is 1. The van der Waals surface area contributed by atoms with Crippen molar-refractivity contribution >= 4 is 46.0 Å². The number of pyridine rings is 1. The third-order valence-electron chi connectivity index (χ3n) is 5.04. The van der Waals surface area contributed by atoms with Crippen LogP contribution in [0.2, 0.25) is 10.0 Å². The van der Waals surface area contributed by atoms with Crippen molar-refractivity contribution in [1.29, 1.82) is 0 Å². The maximum atomic E-state index is 13.2. The van der Waals surface area contributed by atoms with Crippen LogP contribution in [0.4, 0.5) is 0 Å². The first-order valence-corrected chi connectivity index (χ1v) is 11.7. The second-order valence-electron chi connectivity index (χ2n) is 8.86. The number of nitrogens with zero attached hydrogens (tertiary/aromatic N) is 1. The number of benzene rings is 2. The summed E-state index contributed by atoms with van der Waals surface area (Å²) in [6, 6.07) is 10.8. The highest BCUT2D eigenvalue weighted by atomic mass is 35.5. The van der Waals surface area contributed by atoms with E-state index in [0.29, 0.717) is 27.4 Å². The molecular formula is C26H27Cl2NO5. The number of fused-ring (bicyclic) bond motifs is 1. The Kier molecular flexibility index (Phi) is 8.05. The molecule has 0 spiro atoms. The molecule has 0 unspecified atom stereocenters. The lowest BCUT2D eigenvalue weighted by atomic mass is 10.0. The smallest absolute Gasteiger partial charge is 0.343 e. The zero-order chi connectivity index (χ0) is 25.0. The Bertz CT molecular complexity index is 1290. The minimum Gasteiger partial charge on any atom is -0.462 e. The SMILES string of the molecule is CCOC(=O)c1cn(CCC(=O)OC(C)(C)C)c2ccc(Cc3cccc(Cl)c3Cl)cc2c1=O. The maximum absolute atomic E-state index is 13.2. The fourth-order valence-corrected chi connectivity index (χ4v) is 3.99. The zero-order valence-corrected chi connectivity index (χ0v) is 21.1. The van der Waals surface area contributed by atoms with Crippen molar-refractivity contribution in [3.05, 3.63) is 79.6 Å². The second-order valence-corrected chi connectivity index (χ2v) is 9.65. The molecule has 0 saturated carbocycles. The van der Waals surface area contributed by atoms with E-state index < -0.39 is 17.0 Å². The van der Waals surface area contributed by atoms with Gasteiger partial charge in [-0.1, -0.05) is 41.4 Å². The molecule has 1 heterocycles. The molecule has 0 aliphatic rings. The van der Waals surface area contributed by atoms with E-state index in [2.05, 4.69) is 0 Å². The molecule has 0 N–H and O–H groups in total. The van der Waals surface area contributed by atoms with Gasteiger partial charge >= 0.3 is 11.9 Å². The van der Waals surface area contributed by atoms with Crippen molar-refractivity contribution in [3.63, 3.8) is 0 Å². The minimum absolute atomic E-state index is 0.0807. The van der Waals surface area contributed by atoms with Crippen molar-refractivity contribution in [2.45, 2.75) is 52.7 Å². The fraction of sp³-hybridized carbons (Fsp3) is 0.346. The summed E-state index contributed by atoms with van der Waals surface area (Å²) in [6.07, 6.45) is 1.98. The predicted molar refractivity (Wildman–Crippen MR) is 134 cm³/mol. The highest BCUT2D eigenvalue weighted by Crippen LogP contribution is 2.28. The molecule has 0 radical (unpaired) electrons. The van der Waals surface area contributed by atoms with E-state index in [-0.39, 0.29) is 31.1 Å². The Balaban J connectivity index is 2.04. The Hall–Kier alpha value is -2.83. The number of carbonyl (C=O) groups excluding carboxylic acids is 2. The van der Waals surface area contributed by atoms with Crippen molar-refractivity contribution in [2.24, 2.45) is 0 Å². The average molecular weight is 504 g/mol. The average Bonchev–Trinajstić information content (AvgIpc) is 2.75. The van der Waals surface area contributed by atoms with Gasteiger partial charge in [0.1, 0.15) is 11.2 Å². The van der Waals surface area contributed by atoms with E-state index in [1.54, 1.807) is 50.5 Å². The predicted octanol–water partition coefficient (Wildman–Crippen LogP) is 5.81. The van der Waals surface area contributed by atoms with Gasteiger partial charge in [0.2, 0.25) is 5.43 Å². The molecule has 2 aromatic carbocycles. The summed E-state index contributed by atoms with van der Waals surface area (Å²) in [4.78, 5) is 37.9. The molecule has 6 nitrogen and oxygen atoms in total. The van der Waals surface area contributed by atoms with Crippen LogP contribution in [0.15, 0.2) is 47.4 Å². The molecule has 0 bridgehead atoms. The molecule has 0 atom stereocenters. The Morgan fingerprint density at radius 3 is 2.50 bits per heavy atom. The van der Waals surface area contributed by atoms with Gasteiger partial charge in [-0.15, -0.1) is 0 Å². The van der Waals surface area contributed by atoms with Crippen LogP contribution < -0.4 is 5.43 Å². The number of hydrogen-bond donors (Lipinski definition) is 0. The number of aryl methyl sites for hydroxylation is 1. The Morgan fingerprint density at radius 2 is 1.82 bits per heavy atom. The van der Waals surface area contributed by atoms with Gasteiger partial charge in [-0.3, -0.25) is 9.59 Å². The molecule has 1 aromatic heterocycles. The molecule has 0 amide bonds. The van der Waals surface area contributed by atoms with Crippen molar-refractivity contribution in [2.75, 3.05) is 6.61 Å². The standard InChI is InChI=1S/C26H27Cl2NO5/c1-5-33-25(32)19-15-29(12-11-22(30)34-26(2,3)4)21-10-9-16(14-18(21)24(19)31)13-17-7-6-8-20(27)23(17)28/h6-10,14-15H,5,11-13H2,1-4H3. The lowest BCUT2D eigenvalue weighted by Crippen LogP contribution is -2.25. The van der Waals surface area contributed by atoms with Crippen LogP contribution in [0.3, 0.4) is 0 Å². The van der Waals surface area contributed by atoms with Gasteiger partial charge < -0.3 is 14.0 Å². The summed E-state index contributed by atoms with van der Waals surface area (Å²) in [5, 5.41) is 1.26. The quantitative estimate of drug-likeness (QED) is 0.380. The Labute approximate surface area is 208 Å². The van der Waals surface area contributed by atoms with Crippen LogP contribution in [0.25, 0.3) is 10.9 Å². The number of carbonyl (C=O) groups is 2. The van der Waals surface area contributed by atoms with E-state index in [1.807, 2.05) is 18.2 Å². The lowest BCUT2D eigenvalue weighted by Gasteiger charge is -2.20. The highest BCUT2D eigenvalue weighted by molar-refractivity contribution is 6.42. The summed E-state index contributed by atoms with van der Waals surface area (Å²) < 4.78 is 12.2. The van der Waals surface area contributed by atoms with Crippen LogP contribution in [0.1, 0.15) is 55.6 Å². The minimum atomic E-state index is -0.705. The number of rotatable bonds is 7. The zero-order valence-electron chi connectivity index (χ0n) is 19.6. The van der Waals surface area contributed by atoms with Crippen molar-refractivity contribution in [1.82, 2.24) is 4.57 Å². The number of esters is 2. The van der Waals surface area contributed by atoms with Gasteiger partial charge in [-0.05, 0) is 63.4 Å². The monoisotopic (exact) mass is 503 g/mol. The van der Waals surface area contributed by atoms with E-state index in [0.717, 1.165) is 11.1 Å². The van der Waals surface area contributed by atoms with Gasteiger partial charge in [0.05, 0.1) is 28.6 Å². The molecule has 0 aliphatic carbocycles. The topological polar surface area (TPSA) is 74.6 Å². The molecule has 8 heteroatoms. The molecule has 3 aromatic rings.